The van der Waals surface area contributed by atoms with Crippen molar-refractivity contribution < 1.29 is 10.0 Å². The highest BCUT2D eigenvalue weighted by Crippen LogP contribution is 2.26. The Kier molecular flexibility index (Phi) is 6.41. The zero-order valence-electron chi connectivity index (χ0n) is 9.66. The molecule has 0 rings (SSSR count). The highest BCUT2D eigenvalue weighted by Gasteiger charge is 2.26. The fraction of sp³-hybridized carbons (Fsp3) is 1.00. The molecule has 4 N–H and O–H groups in total. The molecule has 0 amide bonds. The molecule has 0 radical (unpaired) electrons. The van der Waals surface area contributed by atoms with E-state index >= 15 is 0 Å². The standard InChI is InChI=1S/C10H24BNO2/c1-4-9(10(3,12)5-2)7-6-8-11(13)14/h9,13-14H,4-8,12H2,1-3H3/t9-,10?/m1/s1. The molecular formula is C10H24BNO2. The van der Waals surface area contributed by atoms with Crippen LogP contribution in [0.4, 0.5) is 0 Å². The number of hydrogen-bond acceptors (Lipinski definition) is 3. The van der Waals surface area contributed by atoms with E-state index in [1.165, 1.54) is 0 Å². The fourth-order valence-corrected chi connectivity index (χ4v) is 1.84. The summed E-state index contributed by atoms with van der Waals surface area (Å²) in [5, 5.41) is 17.4. The Morgan fingerprint density at radius 2 is 1.93 bits per heavy atom. The van der Waals surface area contributed by atoms with E-state index in [4.69, 9.17) is 15.8 Å². The summed E-state index contributed by atoms with van der Waals surface area (Å²) in [7, 11) is -1.17. The Labute approximate surface area is 87.8 Å². The number of hydrogen-bond donors (Lipinski definition) is 3. The predicted octanol–water partition coefficient (Wildman–Crippen LogP) is 1.39. The van der Waals surface area contributed by atoms with Crippen molar-refractivity contribution in [1.82, 2.24) is 0 Å². The normalized spacial score (nSPS) is 17.6. The average molecular weight is 201 g/mol. The zero-order chi connectivity index (χ0) is 11.2. The molecule has 0 aromatic carbocycles. The van der Waals surface area contributed by atoms with Crippen LogP contribution in [0.15, 0.2) is 0 Å². The highest BCUT2D eigenvalue weighted by molar-refractivity contribution is 6.40. The Bertz CT molecular complexity index is 151. The van der Waals surface area contributed by atoms with Crippen molar-refractivity contribution in [2.24, 2.45) is 11.7 Å². The van der Waals surface area contributed by atoms with Crippen LogP contribution in [0.25, 0.3) is 0 Å². The molecule has 0 aliphatic heterocycles. The zero-order valence-corrected chi connectivity index (χ0v) is 9.66. The van der Waals surface area contributed by atoms with E-state index in [0.29, 0.717) is 12.2 Å². The Morgan fingerprint density at radius 1 is 1.36 bits per heavy atom. The van der Waals surface area contributed by atoms with Gasteiger partial charge in [0.25, 0.3) is 0 Å². The van der Waals surface area contributed by atoms with Crippen molar-refractivity contribution in [2.45, 2.75) is 58.3 Å². The molecule has 84 valence electrons. The first-order valence-electron chi connectivity index (χ1n) is 5.59. The molecule has 0 saturated heterocycles. The summed E-state index contributed by atoms with van der Waals surface area (Å²) in [6.45, 7) is 6.32. The van der Waals surface area contributed by atoms with Crippen LogP contribution < -0.4 is 5.73 Å². The van der Waals surface area contributed by atoms with E-state index in [1.807, 2.05) is 0 Å². The van der Waals surface area contributed by atoms with Crippen LogP contribution in [0, 0.1) is 5.92 Å². The second-order valence-electron chi connectivity index (χ2n) is 4.38. The lowest BCUT2D eigenvalue weighted by Gasteiger charge is -2.32. The lowest BCUT2D eigenvalue weighted by Crippen LogP contribution is -2.43. The smallest absolute Gasteiger partial charge is 0.427 e. The quantitative estimate of drug-likeness (QED) is 0.545. The summed E-state index contributed by atoms with van der Waals surface area (Å²) >= 11 is 0. The van der Waals surface area contributed by atoms with Gasteiger partial charge in [-0.25, -0.2) is 0 Å². The highest BCUT2D eigenvalue weighted by atomic mass is 16.4. The third-order valence-corrected chi connectivity index (χ3v) is 3.20. The first-order chi connectivity index (χ1) is 6.44. The van der Waals surface area contributed by atoms with Crippen molar-refractivity contribution in [3.63, 3.8) is 0 Å². The second kappa shape index (κ2) is 6.43. The summed E-state index contributed by atoms with van der Waals surface area (Å²) in [5.74, 6) is 0.478. The van der Waals surface area contributed by atoms with E-state index < -0.39 is 7.12 Å². The van der Waals surface area contributed by atoms with Crippen molar-refractivity contribution in [1.29, 1.82) is 0 Å². The van der Waals surface area contributed by atoms with Crippen LogP contribution >= 0.6 is 0 Å². The fourth-order valence-electron chi connectivity index (χ4n) is 1.84. The van der Waals surface area contributed by atoms with Gasteiger partial charge in [-0.1, -0.05) is 26.7 Å². The summed E-state index contributed by atoms with van der Waals surface area (Å²) in [6, 6.07) is 0. The lowest BCUT2D eigenvalue weighted by atomic mass is 9.76. The van der Waals surface area contributed by atoms with Crippen LogP contribution in [0.1, 0.15) is 46.5 Å². The van der Waals surface area contributed by atoms with Gasteiger partial charge in [0.05, 0.1) is 0 Å². The van der Waals surface area contributed by atoms with Crippen LogP contribution in [0.5, 0.6) is 0 Å². The van der Waals surface area contributed by atoms with E-state index in [9.17, 15) is 0 Å². The molecule has 0 spiro atoms. The SMILES string of the molecule is CC[C@H](CCCB(O)O)C(C)(N)CC. The van der Waals surface area contributed by atoms with Crippen LogP contribution in [-0.2, 0) is 0 Å². The summed E-state index contributed by atoms with van der Waals surface area (Å²) in [5.41, 5.74) is 6.05. The number of nitrogens with two attached hydrogens (primary N) is 1. The first-order valence-corrected chi connectivity index (χ1v) is 5.59. The molecule has 0 aliphatic carbocycles. The maximum atomic E-state index is 8.72. The molecule has 0 aromatic rings. The molecule has 14 heavy (non-hydrogen) atoms. The molecule has 0 saturated carbocycles. The first kappa shape index (κ1) is 13.9. The minimum Gasteiger partial charge on any atom is -0.427 e. The second-order valence-corrected chi connectivity index (χ2v) is 4.38. The van der Waals surface area contributed by atoms with Gasteiger partial charge in [-0.2, -0.15) is 0 Å². The third kappa shape index (κ3) is 4.98. The molecule has 0 fully saturated rings. The van der Waals surface area contributed by atoms with Crippen molar-refractivity contribution in [2.75, 3.05) is 0 Å². The molecule has 3 nitrogen and oxygen atoms in total. The van der Waals surface area contributed by atoms with E-state index in [0.717, 1.165) is 25.7 Å². The Morgan fingerprint density at radius 3 is 2.29 bits per heavy atom. The molecular weight excluding hydrogens is 177 g/mol. The maximum Gasteiger partial charge on any atom is 0.451 e. The van der Waals surface area contributed by atoms with E-state index in [1.54, 1.807) is 0 Å². The monoisotopic (exact) mass is 201 g/mol. The van der Waals surface area contributed by atoms with Crippen molar-refractivity contribution in [3.8, 4) is 0 Å². The average Bonchev–Trinajstić information content (AvgIpc) is 2.11. The molecule has 0 bridgehead atoms. The molecule has 0 aliphatic rings. The summed E-state index contributed by atoms with van der Waals surface area (Å²) < 4.78 is 0. The van der Waals surface area contributed by atoms with Gasteiger partial charge in [0.1, 0.15) is 0 Å². The van der Waals surface area contributed by atoms with Crippen LogP contribution in [0.2, 0.25) is 6.32 Å². The molecule has 1 unspecified atom stereocenters. The van der Waals surface area contributed by atoms with Crippen LogP contribution in [-0.4, -0.2) is 22.7 Å². The minimum atomic E-state index is -1.17. The molecule has 2 atom stereocenters. The summed E-state index contributed by atoms with van der Waals surface area (Å²) in [4.78, 5) is 0. The molecule has 0 aromatic heterocycles. The topological polar surface area (TPSA) is 66.5 Å². The van der Waals surface area contributed by atoms with Gasteiger partial charge in [0.15, 0.2) is 0 Å². The van der Waals surface area contributed by atoms with Gasteiger partial charge in [-0.15, -0.1) is 0 Å². The minimum absolute atomic E-state index is 0.116. The maximum absolute atomic E-state index is 8.72. The van der Waals surface area contributed by atoms with Gasteiger partial charge in [-0.3, -0.25) is 0 Å². The largest absolute Gasteiger partial charge is 0.451 e. The molecule has 4 heteroatoms. The van der Waals surface area contributed by atoms with Crippen molar-refractivity contribution >= 4 is 7.12 Å². The Balaban J connectivity index is 3.91. The summed E-state index contributed by atoms with van der Waals surface area (Å²) in [6.07, 6.45) is 4.30. The number of rotatable bonds is 7. The van der Waals surface area contributed by atoms with Gasteiger partial charge < -0.3 is 15.8 Å². The van der Waals surface area contributed by atoms with Gasteiger partial charge in [0.2, 0.25) is 0 Å². The third-order valence-electron chi connectivity index (χ3n) is 3.20. The Hall–Kier alpha value is -0.0551. The lowest BCUT2D eigenvalue weighted by molar-refractivity contribution is 0.257. The van der Waals surface area contributed by atoms with Gasteiger partial charge in [0, 0.05) is 5.54 Å². The van der Waals surface area contributed by atoms with E-state index in [-0.39, 0.29) is 5.54 Å². The van der Waals surface area contributed by atoms with E-state index in [2.05, 4.69) is 20.8 Å². The van der Waals surface area contributed by atoms with Crippen molar-refractivity contribution in [3.05, 3.63) is 0 Å². The van der Waals surface area contributed by atoms with Gasteiger partial charge >= 0.3 is 7.12 Å². The predicted molar refractivity (Wildman–Crippen MR) is 60.9 cm³/mol. The van der Waals surface area contributed by atoms with Crippen LogP contribution in [0.3, 0.4) is 0 Å². The van der Waals surface area contributed by atoms with Gasteiger partial charge in [-0.05, 0) is 32.0 Å². The molecule has 0 heterocycles.